The molecule has 0 saturated carbocycles. The lowest BCUT2D eigenvalue weighted by atomic mass is 10.1. The van der Waals surface area contributed by atoms with E-state index in [2.05, 4.69) is 4.90 Å². The zero-order chi connectivity index (χ0) is 12.7. The molecule has 1 aromatic carbocycles. The second-order valence-corrected chi connectivity index (χ2v) is 3.94. The van der Waals surface area contributed by atoms with E-state index in [1.807, 2.05) is 26.0 Å². The van der Waals surface area contributed by atoms with E-state index in [-0.39, 0.29) is 5.82 Å². The first-order chi connectivity index (χ1) is 8.27. The molecule has 17 heavy (non-hydrogen) atoms. The van der Waals surface area contributed by atoms with Crippen molar-refractivity contribution in [2.75, 3.05) is 26.3 Å². The molecular weight excluding hydrogens is 217 g/mol. The highest BCUT2D eigenvalue weighted by Gasteiger charge is 2.13. The lowest BCUT2D eigenvalue weighted by molar-refractivity contribution is 0.0337. The van der Waals surface area contributed by atoms with Crippen molar-refractivity contribution in [2.24, 2.45) is 0 Å². The summed E-state index contributed by atoms with van der Waals surface area (Å²) in [4.78, 5) is 2.22. The summed E-state index contributed by atoms with van der Waals surface area (Å²) in [6.45, 7) is 9.80. The quantitative estimate of drug-likeness (QED) is 0.786. The molecule has 0 amide bonds. The number of rotatable bonds is 2. The summed E-state index contributed by atoms with van der Waals surface area (Å²) in [5.41, 5.74) is 1.51. The number of nitrogens with zero attached hydrogens (tertiary/aromatic N) is 1. The van der Waals surface area contributed by atoms with Gasteiger partial charge >= 0.3 is 0 Å². The van der Waals surface area contributed by atoms with E-state index < -0.39 is 0 Å². The average molecular weight is 239 g/mol. The average Bonchev–Trinajstić information content (AvgIpc) is 2.39. The highest BCUT2D eigenvalue weighted by Crippen LogP contribution is 2.14. The molecule has 1 aliphatic rings. The normalized spacial score (nSPS) is 16.2. The Morgan fingerprint density at radius 2 is 1.88 bits per heavy atom. The van der Waals surface area contributed by atoms with Crippen LogP contribution in [-0.4, -0.2) is 31.2 Å². The molecule has 2 nitrogen and oxygen atoms in total. The van der Waals surface area contributed by atoms with Crippen molar-refractivity contribution in [1.82, 2.24) is 4.90 Å². The smallest absolute Gasteiger partial charge is 0.130 e. The first-order valence-corrected chi connectivity index (χ1v) is 6.31. The van der Waals surface area contributed by atoms with Gasteiger partial charge in [-0.2, -0.15) is 0 Å². The van der Waals surface area contributed by atoms with Gasteiger partial charge in [0.2, 0.25) is 0 Å². The van der Waals surface area contributed by atoms with Gasteiger partial charge in [0.1, 0.15) is 5.82 Å². The zero-order valence-corrected chi connectivity index (χ0v) is 11.0. The summed E-state index contributed by atoms with van der Waals surface area (Å²) in [6, 6.07) is 5.57. The number of benzene rings is 1. The maximum atomic E-state index is 13.7. The monoisotopic (exact) mass is 239 g/mol. The van der Waals surface area contributed by atoms with Gasteiger partial charge in [-0.1, -0.05) is 32.0 Å². The summed E-state index contributed by atoms with van der Waals surface area (Å²) in [5.74, 6) is -0.0657. The highest BCUT2D eigenvalue weighted by atomic mass is 19.1. The minimum absolute atomic E-state index is 0.0657. The lowest BCUT2D eigenvalue weighted by Gasteiger charge is -2.26. The standard InChI is InChI=1S/C12H16FNO.C2H6/c1-10-3-2-4-11(12(10)13)9-14-5-7-15-8-6-14;1-2/h2-4H,5-9H2,1H3;1-2H3. The number of halogens is 1. The van der Waals surface area contributed by atoms with Crippen molar-refractivity contribution in [3.05, 3.63) is 35.1 Å². The van der Waals surface area contributed by atoms with Crippen LogP contribution in [0.1, 0.15) is 25.0 Å². The van der Waals surface area contributed by atoms with Gasteiger partial charge in [0.15, 0.2) is 0 Å². The third-order valence-electron chi connectivity index (χ3n) is 2.77. The maximum Gasteiger partial charge on any atom is 0.130 e. The van der Waals surface area contributed by atoms with Gasteiger partial charge < -0.3 is 4.74 Å². The molecule has 0 radical (unpaired) electrons. The van der Waals surface area contributed by atoms with Gasteiger partial charge in [0, 0.05) is 25.2 Å². The number of aryl methyl sites for hydroxylation is 1. The van der Waals surface area contributed by atoms with Crippen molar-refractivity contribution in [2.45, 2.75) is 27.3 Å². The predicted molar refractivity (Wildman–Crippen MR) is 68.6 cm³/mol. The molecule has 2 rings (SSSR count). The number of morpholine rings is 1. The van der Waals surface area contributed by atoms with E-state index in [4.69, 9.17) is 4.74 Å². The Morgan fingerprint density at radius 1 is 1.24 bits per heavy atom. The van der Waals surface area contributed by atoms with Crippen LogP contribution in [-0.2, 0) is 11.3 Å². The van der Waals surface area contributed by atoms with Crippen LogP contribution < -0.4 is 0 Å². The molecule has 3 heteroatoms. The molecule has 0 unspecified atom stereocenters. The molecule has 0 spiro atoms. The summed E-state index contributed by atoms with van der Waals surface area (Å²) in [6.07, 6.45) is 0. The van der Waals surface area contributed by atoms with E-state index in [9.17, 15) is 4.39 Å². The fraction of sp³-hybridized carbons (Fsp3) is 0.571. The fourth-order valence-electron chi connectivity index (χ4n) is 1.83. The Morgan fingerprint density at radius 3 is 2.53 bits per heavy atom. The van der Waals surface area contributed by atoms with E-state index in [1.54, 1.807) is 13.0 Å². The van der Waals surface area contributed by atoms with Crippen molar-refractivity contribution in [1.29, 1.82) is 0 Å². The Bertz CT molecular complexity index is 335. The zero-order valence-electron chi connectivity index (χ0n) is 11.0. The third-order valence-corrected chi connectivity index (χ3v) is 2.77. The minimum atomic E-state index is -0.0657. The van der Waals surface area contributed by atoms with Crippen LogP contribution in [0.25, 0.3) is 0 Å². The van der Waals surface area contributed by atoms with Gasteiger partial charge in [0.05, 0.1) is 13.2 Å². The first-order valence-electron chi connectivity index (χ1n) is 6.31. The maximum absolute atomic E-state index is 13.7. The van der Waals surface area contributed by atoms with Crippen LogP contribution in [0.15, 0.2) is 18.2 Å². The molecule has 1 aromatic rings. The second kappa shape index (κ2) is 7.41. The lowest BCUT2D eigenvalue weighted by Crippen LogP contribution is -2.35. The molecule has 0 bridgehead atoms. The largest absolute Gasteiger partial charge is 0.379 e. The molecule has 96 valence electrons. The Kier molecular flexibility index (Phi) is 6.16. The molecule has 1 heterocycles. The molecule has 0 atom stereocenters. The molecule has 1 saturated heterocycles. The number of ether oxygens (including phenoxy) is 1. The number of hydrogen-bond donors (Lipinski definition) is 0. The van der Waals surface area contributed by atoms with E-state index in [1.165, 1.54) is 0 Å². The van der Waals surface area contributed by atoms with Crippen molar-refractivity contribution >= 4 is 0 Å². The molecule has 0 aromatic heterocycles. The topological polar surface area (TPSA) is 12.5 Å². The minimum Gasteiger partial charge on any atom is -0.379 e. The molecule has 0 aliphatic carbocycles. The van der Waals surface area contributed by atoms with Gasteiger partial charge in [-0.3, -0.25) is 4.90 Å². The van der Waals surface area contributed by atoms with Crippen LogP contribution >= 0.6 is 0 Å². The van der Waals surface area contributed by atoms with Crippen molar-refractivity contribution in [3.63, 3.8) is 0 Å². The van der Waals surface area contributed by atoms with Crippen LogP contribution in [0, 0.1) is 12.7 Å². The predicted octanol–water partition coefficient (Wildman–Crippen LogP) is 2.99. The van der Waals surface area contributed by atoms with E-state index in [0.29, 0.717) is 6.54 Å². The van der Waals surface area contributed by atoms with Crippen molar-refractivity contribution in [3.8, 4) is 0 Å². The first kappa shape index (κ1) is 14.1. The van der Waals surface area contributed by atoms with Crippen molar-refractivity contribution < 1.29 is 9.13 Å². The third kappa shape index (κ3) is 4.10. The van der Waals surface area contributed by atoms with Crippen LogP contribution in [0.5, 0.6) is 0 Å². The van der Waals surface area contributed by atoms with Crippen LogP contribution in [0.3, 0.4) is 0 Å². The summed E-state index contributed by atoms with van der Waals surface area (Å²) in [5, 5.41) is 0. The Balaban J connectivity index is 0.000000686. The molecule has 1 aliphatic heterocycles. The fourth-order valence-corrected chi connectivity index (χ4v) is 1.83. The second-order valence-electron chi connectivity index (χ2n) is 3.94. The SMILES string of the molecule is CC.Cc1cccc(CN2CCOCC2)c1F. The highest BCUT2D eigenvalue weighted by molar-refractivity contribution is 5.24. The van der Waals surface area contributed by atoms with Gasteiger partial charge in [-0.25, -0.2) is 4.39 Å². The molecular formula is C14H22FNO. The van der Waals surface area contributed by atoms with Gasteiger partial charge in [-0.05, 0) is 12.5 Å². The summed E-state index contributed by atoms with van der Waals surface area (Å²) < 4.78 is 19.0. The Labute approximate surface area is 103 Å². The van der Waals surface area contributed by atoms with Gasteiger partial charge in [-0.15, -0.1) is 0 Å². The summed E-state index contributed by atoms with van der Waals surface area (Å²) >= 11 is 0. The number of hydrogen-bond acceptors (Lipinski definition) is 2. The molecule has 1 fully saturated rings. The van der Waals surface area contributed by atoms with E-state index >= 15 is 0 Å². The van der Waals surface area contributed by atoms with E-state index in [0.717, 1.165) is 37.4 Å². The molecule has 0 N–H and O–H groups in total. The van der Waals surface area contributed by atoms with Crippen LogP contribution in [0.4, 0.5) is 4.39 Å². The summed E-state index contributed by atoms with van der Waals surface area (Å²) in [7, 11) is 0. The Hall–Kier alpha value is -0.930. The van der Waals surface area contributed by atoms with Gasteiger partial charge in [0.25, 0.3) is 0 Å². The van der Waals surface area contributed by atoms with Crippen LogP contribution in [0.2, 0.25) is 0 Å².